The van der Waals surface area contributed by atoms with Crippen molar-refractivity contribution in [2.45, 2.75) is 6.92 Å². The van der Waals surface area contributed by atoms with E-state index in [1.807, 2.05) is 6.07 Å². The SMILES string of the molecule is CC(=NNC(=O)c1ccc(Br)o1)c1ccc(Cl)s1. The highest BCUT2D eigenvalue weighted by molar-refractivity contribution is 9.10. The molecule has 0 bridgehead atoms. The van der Waals surface area contributed by atoms with Gasteiger partial charge < -0.3 is 4.42 Å². The van der Waals surface area contributed by atoms with Crippen LogP contribution in [0.1, 0.15) is 22.4 Å². The van der Waals surface area contributed by atoms with Crippen molar-refractivity contribution in [1.29, 1.82) is 0 Å². The second-order valence-corrected chi connectivity index (χ2v) is 5.84. The summed E-state index contributed by atoms with van der Waals surface area (Å²) in [6, 6.07) is 6.84. The van der Waals surface area contributed by atoms with Crippen LogP contribution in [-0.4, -0.2) is 11.6 Å². The van der Waals surface area contributed by atoms with Crippen LogP contribution in [0.15, 0.2) is 38.5 Å². The lowest BCUT2D eigenvalue weighted by atomic mass is 10.3. The van der Waals surface area contributed by atoms with Crippen molar-refractivity contribution >= 4 is 50.5 Å². The van der Waals surface area contributed by atoms with E-state index in [-0.39, 0.29) is 5.76 Å². The van der Waals surface area contributed by atoms with Gasteiger partial charge in [-0.25, -0.2) is 5.43 Å². The number of rotatable bonds is 3. The molecule has 1 amide bonds. The Bertz CT molecular complexity index is 606. The molecule has 0 unspecified atom stereocenters. The van der Waals surface area contributed by atoms with Gasteiger partial charge in [0.05, 0.1) is 14.9 Å². The molecule has 0 atom stereocenters. The zero-order chi connectivity index (χ0) is 13.1. The molecule has 0 spiro atoms. The van der Waals surface area contributed by atoms with Crippen molar-refractivity contribution in [3.05, 3.63) is 43.9 Å². The van der Waals surface area contributed by atoms with E-state index in [9.17, 15) is 4.79 Å². The molecule has 0 aromatic carbocycles. The Morgan fingerprint density at radius 3 is 2.78 bits per heavy atom. The molecule has 7 heteroatoms. The van der Waals surface area contributed by atoms with E-state index in [1.165, 1.54) is 11.3 Å². The Morgan fingerprint density at radius 2 is 2.22 bits per heavy atom. The number of hydrogen-bond donors (Lipinski definition) is 1. The summed E-state index contributed by atoms with van der Waals surface area (Å²) in [5.41, 5.74) is 3.10. The molecular formula is C11H8BrClN2O2S. The highest BCUT2D eigenvalue weighted by Gasteiger charge is 2.09. The molecule has 2 heterocycles. The third-order valence-corrected chi connectivity index (χ3v) is 3.82. The van der Waals surface area contributed by atoms with Gasteiger partial charge in [0.2, 0.25) is 0 Å². The first-order valence-electron chi connectivity index (χ1n) is 4.92. The van der Waals surface area contributed by atoms with Crippen molar-refractivity contribution in [3.8, 4) is 0 Å². The minimum atomic E-state index is -0.400. The summed E-state index contributed by atoms with van der Waals surface area (Å²) in [5.74, 6) is -0.203. The number of hydrogen-bond acceptors (Lipinski definition) is 4. The van der Waals surface area contributed by atoms with Gasteiger partial charge in [-0.05, 0) is 47.1 Å². The fourth-order valence-electron chi connectivity index (χ4n) is 1.19. The number of carbonyl (C=O) groups excluding carboxylic acids is 1. The van der Waals surface area contributed by atoms with Crippen LogP contribution in [-0.2, 0) is 0 Å². The van der Waals surface area contributed by atoms with Crippen LogP contribution < -0.4 is 5.43 Å². The number of carbonyl (C=O) groups is 1. The highest BCUT2D eigenvalue weighted by atomic mass is 79.9. The summed E-state index contributed by atoms with van der Waals surface area (Å²) in [4.78, 5) is 12.5. The van der Waals surface area contributed by atoms with Gasteiger partial charge in [-0.15, -0.1) is 11.3 Å². The average Bonchev–Trinajstić information content (AvgIpc) is 2.94. The van der Waals surface area contributed by atoms with Crippen LogP contribution in [0.3, 0.4) is 0 Å². The molecule has 2 rings (SSSR count). The van der Waals surface area contributed by atoms with E-state index >= 15 is 0 Å². The number of furan rings is 1. The lowest BCUT2D eigenvalue weighted by Gasteiger charge is -1.98. The van der Waals surface area contributed by atoms with Gasteiger partial charge in [-0.1, -0.05) is 11.6 Å². The monoisotopic (exact) mass is 346 g/mol. The average molecular weight is 348 g/mol. The molecule has 0 saturated heterocycles. The summed E-state index contributed by atoms with van der Waals surface area (Å²) < 4.78 is 6.28. The second kappa shape index (κ2) is 5.69. The topological polar surface area (TPSA) is 54.6 Å². The Kier molecular flexibility index (Phi) is 4.21. The molecule has 2 aromatic rings. The van der Waals surface area contributed by atoms with Crippen molar-refractivity contribution in [1.82, 2.24) is 5.43 Å². The van der Waals surface area contributed by atoms with E-state index in [0.29, 0.717) is 14.7 Å². The molecule has 0 fully saturated rings. The van der Waals surface area contributed by atoms with E-state index in [0.717, 1.165) is 4.88 Å². The zero-order valence-electron chi connectivity index (χ0n) is 9.24. The summed E-state index contributed by atoms with van der Waals surface area (Å²) >= 11 is 10.3. The number of hydrazone groups is 1. The number of nitrogens with zero attached hydrogens (tertiary/aromatic N) is 1. The standard InChI is InChI=1S/C11H8BrClN2O2S/c1-6(8-3-5-10(13)18-8)14-15-11(16)7-2-4-9(12)17-7/h2-5H,1H3,(H,15,16). The van der Waals surface area contributed by atoms with Crippen LogP contribution in [0.2, 0.25) is 4.34 Å². The number of thiophene rings is 1. The van der Waals surface area contributed by atoms with Crippen LogP contribution in [0, 0.1) is 0 Å². The highest BCUT2D eigenvalue weighted by Crippen LogP contribution is 2.21. The Morgan fingerprint density at radius 1 is 1.44 bits per heavy atom. The third kappa shape index (κ3) is 3.22. The molecule has 0 aliphatic rings. The first kappa shape index (κ1) is 13.3. The van der Waals surface area contributed by atoms with Gasteiger partial charge in [-0.2, -0.15) is 5.10 Å². The normalized spacial score (nSPS) is 11.6. The molecule has 0 radical (unpaired) electrons. The molecule has 0 saturated carbocycles. The molecule has 18 heavy (non-hydrogen) atoms. The fraction of sp³-hybridized carbons (Fsp3) is 0.0909. The molecule has 1 N–H and O–H groups in total. The van der Waals surface area contributed by atoms with Gasteiger partial charge in [-0.3, -0.25) is 4.79 Å². The van der Waals surface area contributed by atoms with Gasteiger partial charge in [0, 0.05) is 0 Å². The van der Waals surface area contributed by atoms with Gasteiger partial charge >= 0.3 is 5.91 Å². The lowest BCUT2D eigenvalue weighted by Crippen LogP contribution is -2.18. The van der Waals surface area contributed by atoms with Crippen LogP contribution in [0.4, 0.5) is 0 Å². The van der Waals surface area contributed by atoms with E-state index in [2.05, 4.69) is 26.5 Å². The Labute approximate surface area is 121 Å². The van der Waals surface area contributed by atoms with Crippen molar-refractivity contribution < 1.29 is 9.21 Å². The van der Waals surface area contributed by atoms with E-state index < -0.39 is 5.91 Å². The predicted octanol–water partition coefficient (Wildman–Crippen LogP) is 3.91. The Balaban J connectivity index is 2.04. The van der Waals surface area contributed by atoms with Crippen LogP contribution >= 0.6 is 38.9 Å². The summed E-state index contributed by atoms with van der Waals surface area (Å²) in [6.45, 7) is 1.79. The van der Waals surface area contributed by atoms with E-state index in [4.69, 9.17) is 16.0 Å². The van der Waals surface area contributed by atoms with Gasteiger partial charge in [0.15, 0.2) is 10.4 Å². The first-order chi connectivity index (χ1) is 8.56. The Hall–Kier alpha value is -1.11. The summed E-state index contributed by atoms with van der Waals surface area (Å²) in [6.07, 6.45) is 0. The van der Waals surface area contributed by atoms with Crippen molar-refractivity contribution in [3.63, 3.8) is 0 Å². The number of amides is 1. The first-order valence-corrected chi connectivity index (χ1v) is 6.90. The minimum Gasteiger partial charge on any atom is -0.444 e. The largest absolute Gasteiger partial charge is 0.444 e. The molecule has 4 nitrogen and oxygen atoms in total. The maximum Gasteiger partial charge on any atom is 0.307 e. The second-order valence-electron chi connectivity index (χ2n) is 3.35. The van der Waals surface area contributed by atoms with Gasteiger partial charge in [0.1, 0.15) is 0 Å². The van der Waals surface area contributed by atoms with Crippen LogP contribution in [0.25, 0.3) is 0 Å². The number of halogens is 2. The lowest BCUT2D eigenvalue weighted by molar-refractivity contribution is 0.0926. The molecule has 0 aliphatic heterocycles. The predicted molar refractivity (Wildman–Crippen MR) is 75.4 cm³/mol. The summed E-state index contributed by atoms with van der Waals surface area (Å²) in [5, 5.41) is 3.99. The quantitative estimate of drug-likeness (QED) is 0.676. The van der Waals surface area contributed by atoms with Crippen molar-refractivity contribution in [2.24, 2.45) is 5.10 Å². The maximum atomic E-state index is 11.6. The number of nitrogens with one attached hydrogen (secondary N) is 1. The minimum absolute atomic E-state index is 0.197. The van der Waals surface area contributed by atoms with E-state index in [1.54, 1.807) is 25.1 Å². The van der Waals surface area contributed by atoms with Gasteiger partial charge in [0.25, 0.3) is 0 Å². The molecular weight excluding hydrogens is 340 g/mol. The third-order valence-electron chi connectivity index (χ3n) is 2.05. The fourth-order valence-corrected chi connectivity index (χ4v) is 2.48. The molecule has 2 aromatic heterocycles. The molecule has 94 valence electrons. The molecule has 0 aliphatic carbocycles. The van der Waals surface area contributed by atoms with Crippen LogP contribution in [0.5, 0.6) is 0 Å². The zero-order valence-corrected chi connectivity index (χ0v) is 12.4. The van der Waals surface area contributed by atoms with Crippen molar-refractivity contribution in [2.75, 3.05) is 0 Å². The maximum absolute atomic E-state index is 11.6. The smallest absolute Gasteiger partial charge is 0.307 e. The summed E-state index contributed by atoms with van der Waals surface area (Å²) in [7, 11) is 0.